The first kappa shape index (κ1) is 16.4. The lowest BCUT2D eigenvalue weighted by Gasteiger charge is -2.22. The molecule has 0 amide bonds. The Hall–Kier alpha value is -0.0800. The van der Waals surface area contributed by atoms with E-state index in [1.807, 2.05) is 13.8 Å². The Kier molecular flexibility index (Phi) is 6.68. The van der Waals surface area contributed by atoms with E-state index in [-0.39, 0.29) is 10.8 Å². The fourth-order valence-corrected chi connectivity index (χ4v) is 0. The highest BCUT2D eigenvalue weighted by molar-refractivity contribution is 4.71. The van der Waals surface area contributed by atoms with Crippen molar-refractivity contribution >= 4 is 0 Å². The third kappa shape index (κ3) is 10.0. The van der Waals surface area contributed by atoms with E-state index in [2.05, 4.69) is 41.5 Å². The third-order valence-corrected chi connectivity index (χ3v) is 2.73. The van der Waals surface area contributed by atoms with Gasteiger partial charge in [0.2, 0.25) is 0 Å². The maximum Gasteiger partial charge on any atom is 0.00591 e. The molecule has 14 heavy (non-hydrogen) atoms. The summed E-state index contributed by atoms with van der Waals surface area (Å²) in [5.41, 5.74) is 11.7. The van der Waals surface area contributed by atoms with Crippen LogP contribution in [-0.4, -0.2) is 12.1 Å². The summed E-state index contributed by atoms with van der Waals surface area (Å²) in [6.45, 7) is 16.9. The summed E-state index contributed by atoms with van der Waals surface area (Å²) in [5.74, 6) is 0. The van der Waals surface area contributed by atoms with E-state index in [9.17, 15) is 0 Å². The molecule has 0 fully saturated rings. The molecule has 0 aliphatic carbocycles. The average Bonchev–Trinajstić information content (AvgIpc) is 1.83. The van der Waals surface area contributed by atoms with Crippen molar-refractivity contribution in [1.82, 2.24) is 0 Å². The minimum absolute atomic E-state index is 0.278. The monoisotopic (exact) mass is 202 g/mol. The molecule has 0 aromatic carbocycles. The summed E-state index contributed by atoms with van der Waals surface area (Å²) in [5, 5.41) is 0. The molecule has 0 radical (unpaired) electrons. The van der Waals surface area contributed by atoms with Gasteiger partial charge in [-0.25, -0.2) is 0 Å². The van der Waals surface area contributed by atoms with Crippen LogP contribution in [0.15, 0.2) is 0 Å². The molecular weight excluding hydrogens is 172 g/mol. The Morgan fingerprint density at radius 3 is 0.714 bits per heavy atom. The van der Waals surface area contributed by atoms with Gasteiger partial charge in [0, 0.05) is 12.1 Å². The van der Waals surface area contributed by atoms with Crippen LogP contribution in [0.5, 0.6) is 0 Å². The van der Waals surface area contributed by atoms with Gasteiger partial charge in [-0.05, 0) is 24.7 Å². The van der Waals surface area contributed by atoms with E-state index in [1.165, 1.54) is 0 Å². The Labute approximate surface area is 90.4 Å². The van der Waals surface area contributed by atoms with Gasteiger partial charge >= 0.3 is 0 Å². The highest BCUT2D eigenvalue weighted by Crippen LogP contribution is 2.16. The standard InChI is InChI=1S/2C6H15N/c2*1-5(7)6(2,3)4/h2*5H,7H2,1-4H3/t5-;/m0./s1. The highest BCUT2D eigenvalue weighted by atomic mass is 14.6. The quantitative estimate of drug-likeness (QED) is 0.634. The summed E-state index contributed by atoms with van der Waals surface area (Å²) in [6.07, 6.45) is 0. The third-order valence-electron chi connectivity index (χ3n) is 2.73. The lowest BCUT2D eigenvalue weighted by atomic mass is 9.89. The minimum atomic E-state index is 0.278. The minimum Gasteiger partial charge on any atom is -0.327 e. The summed E-state index contributed by atoms with van der Waals surface area (Å²) in [6, 6.07) is 0.597. The van der Waals surface area contributed by atoms with E-state index in [0.717, 1.165) is 0 Å². The van der Waals surface area contributed by atoms with Crippen LogP contribution in [-0.2, 0) is 0 Å². The van der Waals surface area contributed by atoms with Crippen LogP contribution in [0.25, 0.3) is 0 Å². The maximum atomic E-state index is 5.57. The van der Waals surface area contributed by atoms with E-state index >= 15 is 0 Å². The zero-order valence-corrected chi connectivity index (χ0v) is 11.3. The molecular formula is C12H30N2. The Balaban J connectivity index is 0. The van der Waals surface area contributed by atoms with Crippen molar-refractivity contribution in [3.05, 3.63) is 0 Å². The van der Waals surface area contributed by atoms with Crippen molar-refractivity contribution in [2.45, 2.75) is 67.5 Å². The molecule has 4 N–H and O–H groups in total. The van der Waals surface area contributed by atoms with Gasteiger partial charge in [-0.1, -0.05) is 41.5 Å². The van der Waals surface area contributed by atoms with Gasteiger partial charge in [0.05, 0.1) is 0 Å². The molecule has 0 aliphatic heterocycles. The van der Waals surface area contributed by atoms with Gasteiger partial charge < -0.3 is 11.5 Å². The molecule has 0 aromatic heterocycles. The van der Waals surface area contributed by atoms with E-state index < -0.39 is 0 Å². The van der Waals surface area contributed by atoms with E-state index in [0.29, 0.717) is 12.1 Å². The molecule has 2 heteroatoms. The largest absolute Gasteiger partial charge is 0.327 e. The predicted molar refractivity (Wildman–Crippen MR) is 66.2 cm³/mol. The van der Waals surface area contributed by atoms with Crippen LogP contribution >= 0.6 is 0 Å². The Morgan fingerprint density at radius 1 is 0.643 bits per heavy atom. The molecule has 88 valence electrons. The first-order valence-electron chi connectivity index (χ1n) is 5.40. The Morgan fingerprint density at radius 2 is 0.714 bits per heavy atom. The maximum absolute atomic E-state index is 5.57. The lowest BCUT2D eigenvalue weighted by molar-refractivity contribution is 0.339. The van der Waals surface area contributed by atoms with Gasteiger partial charge in [0.25, 0.3) is 0 Å². The molecule has 0 spiro atoms. The molecule has 0 aromatic rings. The number of hydrogen-bond acceptors (Lipinski definition) is 2. The zero-order valence-electron chi connectivity index (χ0n) is 11.3. The van der Waals surface area contributed by atoms with Crippen molar-refractivity contribution in [3.8, 4) is 0 Å². The van der Waals surface area contributed by atoms with Crippen molar-refractivity contribution in [2.75, 3.05) is 0 Å². The smallest absolute Gasteiger partial charge is 0.00591 e. The van der Waals surface area contributed by atoms with Gasteiger partial charge in [-0.3, -0.25) is 0 Å². The summed E-state index contributed by atoms with van der Waals surface area (Å²) in [4.78, 5) is 0. The summed E-state index contributed by atoms with van der Waals surface area (Å²) in [7, 11) is 0. The molecule has 2 nitrogen and oxygen atoms in total. The highest BCUT2D eigenvalue weighted by Gasteiger charge is 2.14. The van der Waals surface area contributed by atoms with Gasteiger partial charge in [0.15, 0.2) is 0 Å². The van der Waals surface area contributed by atoms with Crippen LogP contribution in [0, 0.1) is 10.8 Å². The van der Waals surface area contributed by atoms with Crippen molar-refractivity contribution in [3.63, 3.8) is 0 Å². The van der Waals surface area contributed by atoms with Crippen LogP contribution in [0.1, 0.15) is 55.4 Å². The molecule has 0 bridgehead atoms. The van der Waals surface area contributed by atoms with E-state index in [1.54, 1.807) is 0 Å². The molecule has 0 rings (SSSR count). The molecule has 0 heterocycles. The fourth-order valence-electron chi connectivity index (χ4n) is 0. The lowest BCUT2D eigenvalue weighted by Crippen LogP contribution is -2.31. The zero-order chi connectivity index (χ0) is 12.2. The summed E-state index contributed by atoms with van der Waals surface area (Å²) >= 11 is 0. The van der Waals surface area contributed by atoms with Gasteiger partial charge in [-0.15, -0.1) is 0 Å². The Bertz CT molecular complexity index is 117. The molecule has 0 saturated heterocycles. The molecule has 1 unspecified atom stereocenters. The molecule has 0 saturated carbocycles. The van der Waals surface area contributed by atoms with Crippen LogP contribution in [0.4, 0.5) is 0 Å². The second kappa shape index (κ2) is 5.72. The topological polar surface area (TPSA) is 52.0 Å². The van der Waals surface area contributed by atoms with Gasteiger partial charge in [-0.2, -0.15) is 0 Å². The molecule has 2 atom stereocenters. The first-order chi connectivity index (χ1) is 5.89. The fraction of sp³-hybridized carbons (Fsp3) is 1.00. The SMILES string of the molecule is CC(N)C(C)(C)C.C[C@H](N)C(C)(C)C. The normalized spacial score (nSPS) is 16.7. The van der Waals surface area contributed by atoms with Crippen molar-refractivity contribution in [1.29, 1.82) is 0 Å². The predicted octanol–water partition coefficient (Wildman–Crippen LogP) is 2.76. The van der Waals surface area contributed by atoms with Crippen LogP contribution in [0.2, 0.25) is 0 Å². The van der Waals surface area contributed by atoms with E-state index in [4.69, 9.17) is 11.5 Å². The van der Waals surface area contributed by atoms with Gasteiger partial charge in [0.1, 0.15) is 0 Å². The average molecular weight is 202 g/mol. The first-order valence-corrected chi connectivity index (χ1v) is 5.40. The van der Waals surface area contributed by atoms with Crippen LogP contribution < -0.4 is 11.5 Å². The number of hydrogen-bond donors (Lipinski definition) is 2. The van der Waals surface area contributed by atoms with Crippen molar-refractivity contribution in [2.24, 2.45) is 22.3 Å². The van der Waals surface area contributed by atoms with Crippen LogP contribution in [0.3, 0.4) is 0 Å². The number of nitrogens with two attached hydrogens (primary N) is 2. The summed E-state index contributed by atoms with van der Waals surface area (Å²) < 4.78 is 0. The molecule has 0 aliphatic rings. The second-order valence-corrected chi connectivity index (χ2v) is 6.31. The van der Waals surface area contributed by atoms with Crippen molar-refractivity contribution < 1.29 is 0 Å². The second-order valence-electron chi connectivity index (χ2n) is 6.31. The number of rotatable bonds is 0.